The molecule has 0 heterocycles. The maximum atomic E-state index is 6.09. The number of ether oxygens (including phenoxy) is 1. The van der Waals surface area contributed by atoms with Crippen LogP contribution in [0, 0.1) is 5.92 Å². The van der Waals surface area contributed by atoms with Crippen molar-refractivity contribution in [2.75, 3.05) is 25.1 Å². The van der Waals surface area contributed by atoms with Crippen molar-refractivity contribution in [3.05, 3.63) is 28.8 Å². The SMILES string of the molecule is CC(C)COCCCNc1cccc(Cl)c1C(N)=S. The number of nitrogens with two attached hydrogens (primary N) is 1. The Balaban J connectivity index is 2.41. The van der Waals surface area contributed by atoms with E-state index in [4.69, 9.17) is 34.3 Å². The van der Waals surface area contributed by atoms with Gasteiger partial charge >= 0.3 is 0 Å². The lowest BCUT2D eigenvalue weighted by molar-refractivity contribution is 0.110. The number of benzene rings is 1. The first-order valence-electron chi connectivity index (χ1n) is 6.42. The summed E-state index contributed by atoms with van der Waals surface area (Å²) in [6.45, 7) is 6.62. The van der Waals surface area contributed by atoms with E-state index in [1.807, 2.05) is 12.1 Å². The molecule has 0 spiro atoms. The minimum atomic E-state index is 0.309. The summed E-state index contributed by atoms with van der Waals surface area (Å²) in [6, 6.07) is 5.59. The zero-order chi connectivity index (χ0) is 14.3. The lowest BCUT2D eigenvalue weighted by atomic mass is 10.1. The summed E-state index contributed by atoms with van der Waals surface area (Å²) >= 11 is 11.1. The number of hydrogen-bond donors (Lipinski definition) is 2. The number of anilines is 1. The maximum absolute atomic E-state index is 6.09. The number of hydrogen-bond acceptors (Lipinski definition) is 3. The minimum absolute atomic E-state index is 0.309. The molecule has 0 bridgehead atoms. The smallest absolute Gasteiger partial charge is 0.107 e. The highest BCUT2D eigenvalue weighted by molar-refractivity contribution is 7.80. The first kappa shape index (κ1) is 16.2. The van der Waals surface area contributed by atoms with Crippen LogP contribution in [0.4, 0.5) is 5.69 Å². The summed E-state index contributed by atoms with van der Waals surface area (Å²) in [5, 5.41) is 3.87. The van der Waals surface area contributed by atoms with Gasteiger partial charge in [0.15, 0.2) is 0 Å². The van der Waals surface area contributed by atoms with Gasteiger partial charge in [-0.05, 0) is 24.5 Å². The Kier molecular flexibility index (Phi) is 7.13. The molecule has 1 rings (SSSR count). The van der Waals surface area contributed by atoms with Crippen molar-refractivity contribution in [3.63, 3.8) is 0 Å². The standard InChI is InChI=1S/C14H21ClN2OS/c1-10(2)9-18-8-4-7-17-12-6-3-5-11(15)13(12)14(16)19/h3,5-6,10,17H,4,7-9H2,1-2H3,(H2,16,19). The van der Waals surface area contributed by atoms with Gasteiger partial charge in [-0.15, -0.1) is 0 Å². The molecule has 5 heteroatoms. The molecule has 0 saturated heterocycles. The summed E-state index contributed by atoms with van der Waals surface area (Å²) < 4.78 is 5.52. The van der Waals surface area contributed by atoms with Gasteiger partial charge in [0.2, 0.25) is 0 Å². The molecule has 1 aromatic carbocycles. The van der Waals surface area contributed by atoms with E-state index in [-0.39, 0.29) is 0 Å². The fourth-order valence-corrected chi connectivity index (χ4v) is 2.19. The molecule has 3 N–H and O–H groups in total. The van der Waals surface area contributed by atoms with Crippen molar-refractivity contribution in [2.45, 2.75) is 20.3 Å². The van der Waals surface area contributed by atoms with Crippen LogP contribution in [0.1, 0.15) is 25.8 Å². The fraction of sp³-hybridized carbons (Fsp3) is 0.500. The molecule has 0 fully saturated rings. The Morgan fingerprint density at radius 2 is 2.21 bits per heavy atom. The lowest BCUT2D eigenvalue weighted by Crippen LogP contribution is -2.15. The van der Waals surface area contributed by atoms with Gasteiger partial charge in [-0.3, -0.25) is 0 Å². The van der Waals surface area contributed by atoms with Crippen molar-refractivity contribution in [1.29, 1.82) is 0 Å². The van der Waals surface area contributed by atoms with E-state index in [2.05, 4.69) is 19.2 Å². The molecule has 0 aromatic heterocycles. The van der Waals surface area contributed by atoms with Crippen LogP contribution in [0.15, 0.2) is 18.2 Å². The fourth-order valence-electron chi connectivity index (χ4n) is 1.64. The minimum Gasteiger partial charge on any atom is -0.389 e. The normalized spacial score (nSPS) is 10.7. The second-order valence-corrected chi connectivity index (χ2v) is 5.62. The van der Waals surface area contributed by atoms with Crippen molar-refractivity contribution in [2.24, 2.45) is 11.7 Å². The van der Waals surface area contributed by atoms with Crippen LogP contribution in [-0.4, -0.2) is 24.7 Å². The lowest BCUT2D eigenvalue weighted by Gasteiger charge is -2.13. The molecule has 106 valence electrons. The Morgan fingerprint density at radius 3 is 2.84 bits per heavy atom. The highest BCUT2D eigenvalue weighted by atomic mass is 35.5. The van der Waals surface area contributed by atoms with Crippen LogP contribution in [0.5, 0.6) is 0 Å². The molecule has 0 aliphatic carbocycles. The van der Waals surface area contributed by atoms with Crippen LogP contribution >= 0.6 is 23.8 Å². The van der Waals surface area contributed by atoms with Gasteiger partial charge in [0.05, 0.1) is 10.6 Å². The summed E-state index contributed by atoms with van der Waals surface area (Å²) in [5.74, 6) is 0.571. The Bertz CT molecular complexity index is 424. The zero-order valence-electron chi connectivity index (χ0n) is 11.4. The molecule has 0 aliphatic rings. The molecule has 0 saturated carbocycles. The van der Waals surface area contributed by atoms with Crippen molar-refractivity contribution in [1.82, 2.24) is 0 Å². The number of halogens is 1. The van der Waals surface area contributed by atoms with E-state index >= 15 is 0 Å². The van der Waals surface area contributed by atoms with Crippen LogP contribution in [-0.2, 0) is 4.74 Å². The van der Waals surface area contributed by atoms with Gasteiger partial charge in [0.25, 0.3) is 0 Å². The first-order chi connectivity index (χ1) is 9.02. The van der Waals surface area contributed by atoms with Gasteiger partial charge in [0.1, 0.15) is 4.99 Å². The van der Waals surface area contributed by atoms with Crippen molar-refractivity contribution < 1.29 is 4.74 Å². The van der Waals surface area contributed by atoms with Gasteiger partial charge in [-0.1, -0.05) is 43.7 Å². The summed E-state index contributed by atoms with van der Waals surface area (Å²) in [7, 11) is 0. The quantitative estimate of drug-likeness (QED) is 0.570. The largest absolute Gasteiger partial charge is 0.389 e. The van der Waals surface area contributed by atoms with Crippen LogP contribution in [0.3, 0.4) is 0 Å². The summed E-state index contributed by atoms with van der Waals surface area (Å²) in [6.07, 6.45) is 0.927. The highest BCUT2D eigenvalue weighted by Gasteiger charge is 2.08. The van der Waals surface area contributed by atoms with E-state index in [1.165, 1.54) is 0 Å². The van der Waals surface area contributed by atoms with E-state index in [9.17, 15) is 0 Å². The van der Waals surface area contributed by atoms with Crippen LogP contribution < -0.4 is 11.1 Å². The monoisotopic (exact) mass is 300 g/mol. The average molecular weight is 301 g/mol. The molecule has 3 nitrogen and oxygen atoms in total. The molecular weight excluding hydrogens is 280 g/mol. The number of nitrogens with one attached hydrogen (secondary N) is 1. The van der Waals surface area contributed by atoms with E-state index in [0.29, 0.717) is 21.5 Å². The van der Waals surface area contributed by atoms with Crippen LogP contribution in [0.2, 0.25) is 5.02 Å². The van der Waals surface area contributed by atoms with Crippen molar-refractivity contribution in [3.8, 4) is 0 Å². The topological polar surface area (TPSA) is 47.3 Å². The Labute approximate surface area is 125 Å². The maximum Gasteiger partial charge on any atom is 0.107 e. The van der Waals surface area contributed by atoms with Crippen LogP contribution in [0.25, 0.3) is 0 Å². The molecular formula is C14H21ClN2OS. The van der Waals surface area contributed by atoms with E-state index in [1.54, 1.807) is 6.07 Å². The molecule has 19 heavy (non-hydrogen) atoms. The van der Waals surface area contributed by atoms with E-state index in [0.717, 1.165) is 31.9 Å². The zero-order valence-corrected chi connectivity index (χ0v) is 13.0. The summed E-state index contributed by atoms with van der Waals surface area (Å²) in [4.78, 5) is 0.309. The van der Waals surface area contributed by atoms with E-state index < -0.39 is 0 Å². The molecule has 0 atom stereocenters. The number of thiocarbonyl (C=S) groups is 1. The summed E-state index contributed by atoms with van der Waals surface area (Å²) in [5.41, 5.74) is 7.27. The van der Waals surface area contributed by atoms with Gasteiger partial charge < -0.3 is 15.8 Å². The first-order valence-corrected chi connectivity index (χ1v) is 7.21. The predicted octanol–water partition coefficient (Wildman–Crippen LogP) is 3.45. The number of rotatable bonds is 8. The molecule has 1 aromatic rings. The average Bonchev–Trinajstić information content (AvgIpc) is 2.32. The third-order valence-corrected chi connectivity index (χ3v) is 3.01. The molecule has 0 aliphatic heterocycles. The van der Waals surface area contributed by atoms with Gasteiger partial charge in [0, 0.05) is 25.4 Å². The van der Waals surface area contributed by atoms with Gasteiger partial charge in [-0.25, -0.2) is 0 Å². The third kappa shape index (κ3) is 5.76. The third-order valence-electron chi connectivity index (χ3n) is 2.49. The Hall–Kier alpha value is -0.840. The predicted molar refractivity (Wildman–Crippen MR) is 86.1 cm³/mol. The second kappa shape index (κ2) is 8.35. The Morgan fingerprint density at radius 1 is 1.47 bits per heavy atom. The molecule has 0 unspecified atom stereocenters. The highest BCUT2D eigenvalue weighted by Crippen LogP contribution is 2.24. The molecule has 0 radical (unpaired) electrons. The van der Waals surface area contributed by atoms with Gasteiger partial charge in [-0.2, -0.15) is 0 Å². The van der Waals surface area contributed by atoms with Crippen molar-refractivity contribution >= 4 is 34.5 Å². The molecule has 0 amide bonds. The second-order valence-electron chi connectivity index (χ2n) is 4.78.